The summed E-state index contributed by atoms with van der Waals surface area (Å²) in [5.41, 5.74) is 0.324. The molecule has 0 bridgehead atoms. The summed E-state index contributed by atoms with van der Waals surface area (Å²) in [6.45, 7) is 0.791. The van der Waals surface area contributed by atoms with Crippen molar-refractivity contribution in [3.8, 4) is 0 Å². The van der Waals surface area contributed by atoms with Gasteiger partial charge in [0.05, 0.1) is 0 Å². The van der Waals surface area contributed by atoms with Crippen LogP contribution in [0.2, 0.25) is 0 Å². The first kappa shape index (κ1) is 18.6. The maximum atomic E-state index is 13.4. The molecule has 1 saturated carbocycles. The molecule has 2 aliphatic heterocycles. The average molecular weight is 389 g/mol. The molecule has 1 aromatic rings. The Morgan fingerprint density at radius 3 is 2.43 bits per heavy atom. The van der Waals surface area contributed by atoms with E-state index in [9.17, 15) is 23.2 Å². The van der Waals surface area contributed by atoms with Gasteiger partial charge in [0.1, 0.15) is 17.2 Å². The van der Waals surface area contributed by atoms with Crippen molar-refractivity contribution in [2.45, 2.75) is 37.6 Å². The maximum absolute atomic E-state index is 13.4. The molecule has 8 heteroatoms. The molecule has 0 spiro atoms. The van der Waals surface area contributed by atoms with Gasteiger partial charge in [0.2, 0.25) is 5.91 Å². The van der Waals surface area contributed by atoms with E-state index in [1.165, 1.54) is 12.1 Å². The van der Waals surface area contributed by atoms with Gasteiger partial charge in [0, 0.05) is 25.6 Å². The standard InChI is InChI=1S/C20H21F2N3O3/c21-15-9-13(10-16(22)11-15)12-4-7-25(8-5-12)17(26)3-6-20(14-1-2-14)18(27)23-19(28)24-20/h4,9-11,14H,1-3,5-8H2,(H2,23,24,27,28). The Hall–Kier alpha value is -2.77. The number of hydrogen-bond acceptors (Lipinski definition) is 3. The van der Waals surface area contributed by atoms with Gasteiger partial charge in [-0.05, 0) is 54.9 Å². The Balaban J connectivity index is 1.38. The van der Waals surface area contributed by atoms with Gasteiger partial charge in [-0.15, -0.1) is 0 Å². The van der Waals surface area contributed by atoms with Gasteiger partial charge in [0.25, 0.3) is 5.91 Å². The molecule has 2 heterocycles. The van der Waals surface area contributed by atoms with Crippen LogP contribution in [0.25, 0.3) is 5.57 Å². The second-order valence-corrected chi connectivity index (χ2v) is 7.63. The predicted molar refractivity (Wildman–Crippen MR) is 96.9 cm³/mol. The smallest absolute Gasteiger partial charge is 0.322 e. The molecule has 0 aromatic heterocycles. The van der Waals surface area contributed by atoms with Crippen molar-refractivity contribution in [3.05, 3.63) is 41.5 Å². The summed E-state index contributed by atoms with van der Waals surface area (Å²) in [6.07, 6.45) is 4.46. The van der Waals surface area contributed by atoms with Crippen LogP contribution < -0.4 is 10.6 Å². The Kier molecular flexibility index (Phi) is 4.64. The van der Waals surface area contributed by atoms with Crippen LogP contribution in [0.3, 0.4) is 0 Å². The summed E-state index contributed by atoms with van der Waals surface area (Å²) in [5, 5.41) is 5.00. The zero-order chi connectivity index (χ0) is 19.9. The van der Waals surface area contributed by atoms with Gasteiger partial charge < -0.3 is 10.2 Å². The highest BCUT2D eigenvalue weighted by Crippen LogP contribution is 2.43. The van der Waals surface area contributed by atoms with E-state index in [0.717, 1.165) is 24.5 Å². The molecular formula is C20H21F2N3O3. The van der Waals surface area contributed by atoms with Gasteiger partial charge in [0.15, 0.2) is 0 Å². The molecular weight excluding hydrogens is 368 g/mol. The van der Waals surface area contributed by atoms with E-state index in [4.69, 9.17) is 0 Å². The zero-order valence-corrected chi connectivity index (χ0v) is 15.3. The Bertz CT molecular complexity index is 861. The first-order valence-corrected chi connectivity index (χ1v) is 9.44. The molecule has 4 rings (SSSR count). The summed E-state index contributed by atoms with van der Waals surface area (Å²) in [7, 11) is 0. The summed E-state index contributed by atoms with van der Waals surface area (Å²) in [6, 6.07) is 2.90. The lowest BCUT2D eigenvalue weighted by atomic mass is 9.87. The third kappa shape index (κ3) is 3.50. The molecule has 1 aliphatic carbocycles. The quantitative estimate of drug-likeness (QED) is 0.759. The number of rotatable bonds is 5. The number of nitrogens with one attached hydrogen (secondary N) is 2. The zero-order valence-electron chi connectivity index (χ0n) is 15.3. The third-order valence-electron chi connectivity index (χ3n) is 5.77. The van der Waals surface area contributed by atoms with E-state index in [1.54, 1.807) is 11.0 Å². The van der Waals surface area contributed by atoms with Crippen LogP contribution >= 0.6 is 0 Å². The Morgan fingerprint density at radius 2 is 1.89 bits per heavy atom. The number of urea groups is 1. The largest absolute Gasteiger partial charge is 0.339 e. The fourth-order valence-corrected chi connectivity index (χ4v) is 4.11. The lowest BCUT2D eigenvalue weighted by molar-refractivity contribution is -0.132. The molecule has 3 aliphatic rings. The number of benzene rings is 1. The van der Waals surface area contributed by atoms with Gasteiger partial charge in [-0.25, -0.2) is 13.6 Å². The first-order chi connectivity index (χ1) is 13.4. The molecule has 0 radical (unpaired) electrons. The summed E-state index contributed by atoms with van der Waals surface area (Å²) in [5.74, 6) is -1.62. The minimum atomic E-state index is -0.970. The maximum Gasteiger partial charge on any atom is 0.322 e. The number of carbonyl (C=O) groups excluding carboxylic acids is 3. The Morgan fingerprint density at radius 1 is 1.18 bits per heavy atom. The van der Waals surface area contributed by atoms with E-state index in [-0.39, 0.29) is 30.6 Å². The van der Waals surface area contributed by atoms with Crippen LogP contribution in [-0.2, 0) is 9.59 Å². The van der Waals surface area contributed by atoms with E-state index < -0.39 is 23.2 Å². The number of imide groups is 1. The van der Waals surface area contributed by atoms with E-state index in [1.807, 2.05) is 0 Å². The highest BCUT2D eigenvalue weighted by atomic mass is 19.1. The lowest BCUT2D eigenvalue weighted by Crippen LogP contribution is -2.50. The van der Waals surface area contributed by atoms with Gasteiger partial charge in [-0.1, -0.05) is 6.08 Å². The van der Waals surface area contributed by atoms with Gasteiger partial charge in [-0.3, -0.25) is 14.9 Å². The molecule has 2 fully saturated rings. The monoisotopic (exact) mass is 389 g/mol. The fourth-order valence-electron chi connectivity index (χ4n) is 4.11. The number of amides is 4. The van der Waals surface area contributed by atoms with Crippen LogP contribution in [0.15, 0.2) is 24.3 Å². The van der Waals surface area contributed by atoms with Crippen LogP contribution in [0.4, 0.5) is 13.6 Å². The topological polar surface area (TPSA) is 78.5 Å². The number of halogens is 2. The first-order valence-electron chi connectivity index (χ1n) is 9.44. The highest BCUT2D eigenvalue weighted by molar-refractivity contribution is 6.07. The van der Waals surface area contributed by atoms with Crippen molar-refractivity contribution in [2.24, 2.45) is 5.92 Å². The fraction of sp³-hybridized carbons (Fsp3) is 0.450. The molecule has 28 heavy (non-hydrogen) atoms. The molecule has 1 unspecified atom stereocenters. The minimum absolute atomic E-state index is 0.0856. The van der Waals surface area contributed by atoms with Crippen molar-refractivity contribution in [1.82, 2.24) is 15.5 Å². The normalized spacial score (nSPS) is 24.6. The van der Waals surface area contributed by atoms with Crippen LogP contribution in [-0.4, -0.2) is 41.4 Å². The molecule has 4 amide bonds. The van der Waals surface area contributed by atoms with Crippen LogP contribution in [0.5, 0.6) is 0 Å². The summed E-state index contributed by atoms with van der Waals surface area (Å²) in [4.78, 5) is 38.1. The highest BCUT2D eigenvalue weighted by Gasteiger charge is 2.55. The molecule has 148 valence electrons. The number of hydrogen-bond donors (Lipinski definition) is 2. The van der Waals surface area contributed by atoms with Crippen molar-refractivity contribution < 1.29 is 23.2 Å². The lowest BCUT2D eigenvalue weighted by Gasteiger charge is -2.29. The number of carbonyl (C=O) groups is 3. The van der Waals surface area contributed by atoms with Gasteiger partial charge >= 0.3 is 6.03 Å². The van der Waals surface area contributed by atoms with Crippen LogP contribution in [0, 0.1) is 17.6 Å². The third-order valence-corrected chi connectivity index (χ3v) is 5.77. The van der Waals surface area contributed by atoms with Crippen molar-refractivity contribution in [3.63, 3.8) is 0 Å². The summed E-state index contributed by atoms with van der Waals surface area (Å²) < 4.78 is 26.8. The van der Waals surface area contributed by atoms with E-state index in [2.05, 4.69) is 10.6 Å². The van der Waals surface area contributed by atoms with E-state index in [0.29, 0.717) is 25.1 Å². The predicted octanol–water partition coefficient (Wildman–Crippen LogP) is 2.35. The van der Waals surface area contributed by atoms with Crippen molar-refractivity contribution in [2.75, 3.05) is 13.1 Å². The second-order valence-electron chi connectivity index (χ2n) is 7.63. The summed E-state index contributed by atoms with van der Waals surface area (Å²) >= 11 is 0. The Labute approximate surface area is 161 Å². The average Bonchev–Trinajstić information content (AvgIpc) is 3.45. The second kappa shape index (κ2) is 7.00. The molecule has 1 aromatic carbocycles. The molecule has 1 atom stereocenters. The number of nitrogens with zero attached hydrogens (tertiary/aromatic N) is 1. The van der Waals surface area contributed by atoms with Crippen molar-refractivity contribution in [1.29, 1.82) is 0 Å². The SMILES string of the molecule is O=C1NC(=O)C(CCC(=O)N2CC=C(c3cc(F)cc(F)c3)CC2)(C2CC2)N1. The van der Waals surface area contributed by atoms with E-state index >= 15 is 0 Å². The molecule has 6 nitrogen and oxygen atoms in total. The minimum Gasteiger partial charge on any atom is -0.339 e. The molecule has 1 saturated heterocycles. The van der Waals surface area contributed by atoms with Crippen LogP contribution in [0.1, 0.15) is 37.7 Å². The molecule has 2 N–H and O–H groups in total. The van der Waals surface area contributed by atoms with Gasteiger partial charge in [-0.2, -0.15) is 0 Å². The van der Waals surface area contributed by atoms with Crippen molar-refractivity contribution >= 4 is 23.4 Å².